The van der Waals surface area contributed by atoms with Gasteiger partial charge in [0.1, 0.15) is 6.61 Å². The Bertz CT molecular complexity index is 1030. The van der Waals surface area contributed by atoms with E-state index in [1.54, 1.807) is 13.8 Å². The number of ether oxygens (including phenoxy) is 2. The molecule has 4 atom stereocenters. The summed E-state index contributed by atoms with van der Waals surface area (Å²) in [5.74, 6) is -2.20. The molecule has 1 aliphatic heterocycles. The average Bonchev–Trinajstić information content (AvgIpc) is 3.44. The Hall–Kier alpha value is -3.39. The lowest BCUT2D eigenvalue weighted by atomic mass is 9.98. The number of rotatable bonds is 8. The third-order valence-corrected chi connectivity index (χ3v) is 6.79. The largest absolute Gasteiger partial charge is 0.481 e. The molecule has 4 rings (SSSR count). The topological polar surface area (TPSA) is 114 Å². The molecule has 2 aromatic carbocycles. The standard InChI is InChI=1S/C26H30N2O6/c1-15(24(29)27-12-18-11-17(13-33-18)25(30)31)16(2)28-26(32)34-14-23-21-9-5-3-7-19(21)20-8-4-6-10-22(20)23/h3-10,15-18,23H,11-14H2,1-2H3,(H,27,29)(H,28,32)(H,30,31)/t15?,16?,17-,18-/m1/s1. The van der Waals surface area contributed by atoms with Crippen LogP contribution in [0.5, 0.6) is 0 Å². The first-order chi connectivity index (χ1) is 16.3. The number of nitrogens with one attached hydrogen (secondary N) is 2. The van der Waals surface area contributed by atoms with Crippen molar-refractivity contribution in [2.24, 2.45) is 11.8 Å². The van der Waals surface area contributed by atoms with Gasteiger partial charge in [-0.2, -0.15) is 0 Å². The van der Waals surface area contributed by atoms with Crippen LogP contribution in [0.1, 0.15) is 37.3 Å². The number of alkyl carbamates (subject to hydrolysis) is 1. The first-order valence-corrected chi connectivity index (χ1v) is 11.6. The van der Waals surface area contributed by atoms with E-state index in [1.165, 1.54) is 0 Å². The minimum atomic E-state index is -0.886. The number of carbonyl (C=O) groups is 3. The van der Waals surface area contributed by atoms with Crippen LogP contribution in [0.2, 0.25) is 0 Å². The van der Waals surface area contributed by atoms with Gasteiger partial charge in [-0.05, 0) is 35.6 Å². The lowest BCUT2D eigenvalue weighted by Crippen LogP contribution is -2.45. The summed E-state index contributed by atoms with van der Waals surface area (Å²) in [5.41, 5.74) is 4.59. The number of benzene rings is 2. The summed E-state index contributed by atoms with van der Waals surface area (Å²) in [4.78, 5) is 36.0. The molecule has 0 bridgehead atoms. The zero-order chi connectivity index (χ0) is 24.2. The van der Waals surface area contributed by atoms with Gasteiger partial charge >= 0.3 is 12.1 Å². The number of hydrogen-bond acceptors (Lipinski definition) is 5. The summed E-state index contributed by atoms with van der Waals surface area (Å²) in [6.45, 7) is 4.07. The first kappa shape index (κ1) is 23.8. The molecule has 2 aliphatic rings. The lowest BCUT2D eigenvalue weighted by Gasteiger charge is -2.22. The van der Waals surface area contributed by atoms with Gasteiger partial charge in [0.2, 0.25) is 5.91 Å². The molecule has 8 heteroatoms. The van der Waals surface area contributed by atoms with E-state index in [0.29, 0.717) is 6.42 Å². The zero-order valence-corrected chi connectivity index (χ0v) is 19.3. The molecule has 0 radical (unpaired) electrons. The number of aliphatic carboxylic acids is 1. The fraction of sp³-hybridized carbons (Fsp3) is 0.423. The van der Waals surface area contributed by atoms with E-state index in [-0.39, 0.29) is 37.7 Å². The van der Waals surface area contributed by atoms with E-state index >= 15 is 0 Å². The van der Waals surface area contributed by atoms with Crippen LogP contribution in [-0.4, -0.2) is 55.0 Å². The second-order valence-corrected chi connectivity index (χ2v) is 9.02. The third-order valence-electron chi connectivity index (χ3n) is 6.79. The lowest BCUT2D eigenvalue weighted by molar-refractivity contribution is -0.141. The fourth-order valence-electron chi connectivity index (χ4n) is 4.57. The van der Waals surface area contributed by atoms with Crippen LogP contribution >= 0.6 is 0 Å². The van der Waals surface area contributed by atoms with Crippen molar-refractivity contribution in [3.05, 3.63) is 59.7 Å². The van der Waals surface area contributed by atoms with Crippen molar-refractivity contribution in [1.29, 1.82) is 0 Å². The Morgan fingerprint density at radius 3 is 2.26 bits per heavy atom. The van der Waals surface area contributed by atoms with E-state index in [1.807, 2.05) is 24.3 Å². The molecule has 180 valence electrons. The van der Waals surface area contributed by atoms with E-state index < -0.39 is 29.9 Å². The number of carbonyl (C=O) groups excluding carboxylic acids is 2. The number of hydrogen-bond donors (Lipinski definition) is 3. The number of carboxylic acid groups (broad SMARTS) is 1. The maximum atomic E-state index is 12.5. The monoisotopic (exact) mass is 466 g/mol. The maximum absolute atomic E-state index is 12.5. The van der Waals surface area contributed by atoms with Crippen molar-refractivity contribution >= 4 is 18.0 Å². The van der Waals surface area contributed by atoms with Crippen LogP contribution in [-0.2, 0) is 19.1 Å². The smallest absolute Gasteiger partial charge is 0.407 e. The van der Waals surface area contributed by atoms with E-state index in [0.717, 1.165) is 22.3 Å². The summed E-state index contributed by atoms with van der Waals surface area (Å²) in [7, 11) is 0. The van der Waals surface area contributed by atoms with Crippen molar-refractivity contribution in [2.45, 2.75) is 38.3 Å². The third kappa shape index (κ3) is 5.07. The minimum Gasteiger partial charge on any atom is -0.481 e. The van der Waals surface area contributed by atoms with Crippen LogP contribution in [0.25, 0.3) is 11.1 Å². The van der Waals surface area contributed by atoms with E-state index in [4.69, 9.17) is 14.6 Å². The van der Waals surface area contributed by atoms with E-state index in [2.05, 4.69) is 34.9 Å². The average molecular weight is 467 g/mol. The Morgan fingerprint density at radius 2 is 1.68 bits per heavy atom. The Labute approximate surface area is 198 Å². The van der Waals surface area contributed by atoms with Gasteiger partial charge in [0, 0.05) is 18.5 Å². The highest BCUT2D eigenvalue weighted by atomic mass is 16.5. The normalized spacial score (nSPS) is 20.6. The molecule has 3 N–H and O–H groups in total. The molecule has 0 saturated carbocycles. The second kappa shape index (κ2) is 10.3. The summed E-state index contributed by atoms with van der Waals surface area (Å²) in [6, 6.07) is 15.8. The molecular formula is C26H30N2O6. The Morgan fingerprint density at radius 1 is 1.06 bits per heavy atom. The van der Waals surface area contributed by atoms with Gasteiger partial charge in [-0.25, -0.2) is 4.79 Å². The van der Waals surface area contributed by atoms with Crippen molar-refractivity contribution in [3.8, 4) is 11.1 Å². The van der Waals surface area contributed by atoms with Gasteiger partial charge in [-0.1, -0.05) is 55.5 Å². The molecule has 8 nitrogen and oxygen atoms in total. The highest BCUT2D eigenvalue weighted by Crippen LogP contribution is 2.44. The molecule has 0 aromatic heterocycles. The van der Waals surface area contributed by atoms with Crippen molar-refractivity contribution < 1.29 is 29.0 Å². The molecular weight excluding hydrogens is 436 g/mol. The second-order valence-electron chi connectivity index (χ2n) is 9.02. The summed E-state index contributed by atoms with van der Waals surface area (Å²) >= 11 is 0. The van der Waals surface area contributed by atoms with Crippen molar-refractivity contribution in [1.82, 2.24) is 10.6 Å². The summed E-state index contributed by atoms with van der Waals surface area (Å²) < 4.78 is 11.0. The summed E-state index contributed by atoms with van der Waals surface area (Å²) in [6.07, 6.45) is -0.516. The van der Waals surface area contributed by atoms with Crippen LogP contribution in [0, 0.1) is 11.8 Å². The molecule has 2 unspecified atom stereocenters. The van der Waals surface area contributed by atoms with Gasteiger partial charge in [-0.15, -0.1) is 0 Å². The maximum Gasteiger partial charge on any atom is 0.407 e. The highest BCUT2D eigenvalue weighted by molar-refractivity contribution is 5.80. The molecule has 0 spiro atoms. The molecule has 2 aromatic rings. The van der Waals surface area contributed by atoms with Crippen molar-refractivity contribution in [3.63, 3.8) is 0 Å². The van der Waals surface area contributed by atoms with Crippen LogP contribution < -0.4 is 10.6 Å². The molecule has 1 saturated heterocycles. The van der Waals surface area contributed by atoms with Crippen LogP contribution in [0.15, 0.2) is 48.5 Å². The van der Waals surface area contributed by atoms with E-state index in [9.17, 15) is 14.4 Å². The van der Waals surface area contributed by atoms with Gasteiger partial charge in [0.05, 0.1) is 24.5 Å². The SMILES string of the molecule is CC(NC(=O)OCC1c2ccccc2-c2ccccc21)C(C)C(=O)NC[C@H]1C[C@@H](C(=O)O)CO1. The molecule has 34 heavy (non-hydrogen) atoms. The Kier molecular flexibility index (Phi) is 7.17. The predicted molar refractivity (Wildman–Crippen MR) is 125 cm³/mol. The predicted octanol–water partition coefficient (Wildman–Crippen LogP) is 3.16. The number of amides is 2. The molecule has 1 heterocycles. The van der Waals surface area contributed by atoms with Crippen molar-refractivity contribution in [2.75, 3.05) is 19.8 Å². The number of carboxylic acids is 1. The minimum absolute atomic E-state index is 0.0322. The van der Waals surface area contributed by atoms with Crippen LogP contribution in [0.4, 0.5) is 4.79 Å². The first-order valence-electron chi connectivity index (χ1n) is 11.6. The molecule has 1 fully saturated rings. The van der Waals surface area contributed by atoms with Gasteiger partial charge < -0.3 is 25.2 Å². The van der Waals surface area contributed by atoms with Gasteiger partial charge in [-0.3, -0.25) is 9.59 Å². The Balaban J connectivity index is 1.25. The molecule has 1 aliphatic carbocycles. The quantitative estimate of drug-likeness (QED) is 0.551. The highest BCUT2D eigenvalue weighted by Gasteiger charge is 2.32. The van der Waals surface area contributed by atoms with Crippen LogP contribution in [0.3, 0.4) is 0 Å². The molecule has 2 amide bonds. The van der Waals surface area contributed by atoms with Gasteiger partial charge in [0.15, 0.2) is 0 Å². The number of fused-ring (bicyclic) bond motifs is 3. The zero-order valence-electron chi connectivity index (χ0n) is 19.3. The fourth-order valence-corrected chi connectivity index (χ4v) is 4.57. The van der Waals surface area contributed by atoms with Gasteiger partial charge in [0.25, 0.3) is 0 Å². The summed E-state index contributed by atoms with van der Waals surface area (Å²) in [5, 5.41) is 14.6.